The van der Waals surface area contributed by atoms with E-state index in [0.717, 1.165) is 11.1 Å². The summed E-state index contributed by atoms with van der Waals surface area (Å²) in [6.07, 6.45) is 0. The topological polar surface area (TPSA) is 41.8 Å². The molecule has 0 bridgehead atoms. The lowest BCUT2D eigenvalue weighted by atomic mass is 9.88. The number of benzene rings is 2. The average molecular weight is 250 g/mol. The summed E-state index contributed by atoms with van der Waals surface area (Å²) in [5, 5.41) is 8.31. The van der Waals surface area contributed by atoms with Crippen LogP contribution in [-0.4, -0.2) is 12.3 Å². The SMILES string of the molecule is O=C(c1ccccc1)C1CN=NC1c1ccccc1. The van der Waals surface area contributed by atoms with Crippen molar-refractivity contribution in [3.63, 3.8) is 0 Å². The van der Waals surface area contributed by atoms with Gasteiger partial charge in [-0.2, -0.15) is 10.2 Å². The van der Waals surface area contributed by atoms with Gasteiger partial charge < -0.3 is 0 Å². The van der Waals surface area contributed by atoms with Gasteiger partial charge in [0.25, 0.3) is 0 Å². The third-order valence-electron chi connectivity index (χ3n) is 3.40. The Hall–Kier alpha value is -2.29. The van der Waals surface area contributed by atoms with Crippen molar-refractivity contribution in [2.24, 2.45) is 16.1 Å². The number of ketones is 1. The van der Waals surface area contributed by atoms with Crippen molar-refractivity contribution in [3.8, 4) is 0 Å². The number of rotatable bonds is 3. The van der Waals surface area contributed by atoms with Crippen molar-refractivity contribution in [3.05, 3.63) is 71.8 Å². The molecule has 0 aromatic heterocycles. The lowest BCUT2D eigenvalue weighted by Crippen LogP contribution is -2.20. The maximum absolute atomic E-state index is 12.5. The van der Waals surface area contributed by atoms with Gasteiger partial charge in [-0.25, -0.2) is 0 Å². The summed E-state index contributed by atoms with van der Waals surface area (Å²) in [4.78, 5) is 12.5. The van der Waals surface area contributed by atoms with E-state index < -0.39 is 0 Å². The number of nitrogens with zero attached hydrogens (tertiary/aromatic N) is 2. The van der Waals surface area contributed by atoms with Crippen LogP contribution in [0.1, 0.15) is 22.0 Å². The van der Waals surface area contributed by atoms with Crippen molar-refractivity contribution in [2.45, 2.75) is 6.04 Å². The van der Waals surface area contributed by atoms with Crippen LogP contribution in [0.4, 0.5) is 0 Å². The molecule has 3 heteroatoms. The van der Waals surface area contributed by atoms with Crippen molar-refractivity contribution >= 4 is 5.78 Å². The molecule has 1 heterocycles. The van der Waals surface area contributed by atoms with Gasteiger partial charge in [-0.3, -0.25) is 4.79 Å². The molecular weight excluding hydrogens is 236 g/mol. The van der Waals surface area contributed by atoms with Gasteiger partial charge in [0.15, 0.2) is 5.78 Å². The van der Waals surface area contributed by atoms with Gasteiger partial charge in [-0.05, 0) is 5.56 Å². The molecule has 0 amide bonds. The molecule has 94 valence electrons. The number of azo groups is 1. The number of hydrogen-bond donors (Lipinski definition) is 0. The number of hydrogen-bond acceptors (Lipinski definition) is 3. The fourth-order valence-electron chi connectivity index (χ4n) is 2.40. The quantitative estimate of drug-likeness (QED) is 0.766. The molecule has 2 aromatic rings. The fraction of sp³-hybridized carbons (Fsp3) is 0.188. The molecule has 0 N–H and O–H groups in total. The van der Waals surface area contributed by atoms with E-state index in [1.54, 1.807) is 0 Å². The van der Waals surface area contributed by atoms with E-state index in [1.165, 1.54) is 0 Å². The Kier molecular flexibility index (Phi) is 3.19. The van der Waals surface area contributed by atoms with E-state index in [2.05, 4.69) is 10.2 Å². The Morgan fingerprint density at radius 3 is 2.26 bits per heavy atom. The molecule has 2 unspecified atom stereocenters. The minimum Gasteiger partial charge on any atom is -0.294 e. The second-order valence-corrected chi connectivity index (χ2v) is 4.63. The Morgan fingerprint density at radius 1 is 0.947 bits per heavy atom. The highest BCUT2D eigenvalue weighted by molar-refractivity contribution is 5.98. The molecule has 2 aromatic carbocycles. The minimum atomic E-state index is -0.176. The molecule has 3 nitrogen and oxygen atoms in total. The van der Waals surface area contributed by atoms with Crippen LogP contribution in [0.25, 0.3) is 0 Å². The molecule has 0 radical (unpaired) electrons. The van der Waals surface area contributed by atoms with Gasteiger partial charge in [0, 0.05) is 5.56 Å². The van der Waals surface area contributed by atoms with Crippen LogP contribution in [0.2, 0.25) is 0 Å². The van der Waals surface area contributed by atoms with E-state index in [4.69, 9.17) is 0 Å². The molecule has 3 rings (SSSR count). The second-order valence-electron chi connectivity index (χ2n) is 4.63. The lowest BCUT2D eigenvalue weighted by molar-refractivity contribution is 0.0917. The van der Waals surface area contributed by atoms with Crippen molar-refractivity contribution < 1.29 is 4.79 Å². The standard InChI is InChI=1S/C16H14N2O/c19-16(13-9-5-2-6-10-13)14-11-17-18-15(14)12-7-3-1-4-8-12/h1-10,14-15H,11H2. The summed E-state index contributed by atoms with van der Waals surface area (Å²) in [5.74, 6) is -0.0516. The van der Waals surface area contributed by atoms with E-state index in [0.29, 0.717) is 6.54 Å². The van der Waals surface area contributed by atoms with E-state index in [1.807, 2.05) is 60.7 Å². The summed E-state index contributed by atoms with van der Waals surface area (Å²) in [6.45, 7) is 0.479. The van der Waals surface area contributed by atoms with Crippen LogP contribution >= 0.6 is 0 Å². The highest BCUT2D eigenvalue weighted by atomic mass is 16.1. The molecule has 0 saturated carbocycles. The number of carbonyl (C=O) groups is 1. The molecule has 0 aliphatic carbocycles. The van der Waals surface area contributed by atoms with Crippen LogP contribution in [-0.2, 0) is 0 Å². The summed E-state index contributed by atoms with van der Waals surface area (Å²) in [7, 11) is 0. The van der Waals surface area contributed by atoms with E-state index in [-0.39, 0.29) is 17.7 Å². The van der Waals surface area contributed by atoms with Crippen molar-refractivity contribution in [1.29, 1.82) is 0 Å². The summed E-state index contributed by atoms with van der Waals surface area (Å²) in [5.41, 5.74) is 1.79. The highest BCUT2D eigenvalue weighted by Gasteiger charge is 2.33. The predicted octanol–water partition coefficient (Wildman–Crippen LogP) is 3.69. The van der Waals surface area contributed by atoms with Crippen LogP contribution in [0.3, 0.4) is 0 Å². The third-order valence-corrected chi connectivity index (χ3v) is 3.40. The van der Waals surface area contributed by atoms with Gasteiger partial charge in [0.05, 0.1) is 12.5 Å². The zero-order valence-electron chi connectivity index (χ0n) is 10.4. The predicted molar refractivity (Wildman–Crippen MR) is 73.2 cm³/mol. The van der Waals surface area contributed by atoms with Gasteiger partial charge in [-0.15, -0.1) is 0 Å². The monoisotopic (exact) mass is 250 g/mol. The second kappa shape index (κ2) is 5.14. The van der Waals surface area contributed by atoms with Crippen molar-refractivity contribution in [1.82, 2.24) is 0 Å². The molecule has 0 saturated heterocycles. The van der Waals surface area contributed by atoms with Crippen LogP contribution < -0.4 is 0 Å². The largest absolute Gasteiger partial charge is 0.294 e. The average Bonchev–Trinajstić information content (AvgIpc) is 2.98. The first kappa shape index (κ1) is 11.8. The molecule has 19 heavy (non-hydrogen) atoms. The number of carbonyl (C=O) groups excluding carboxylic acids is 1. The maximum Gasteiger partial charge on any atom is 0.170 e. The van der Waals surface area contributed by atoms with Crippen LogP contribution in [0.5, 0.6) is 0 Å². The Balaban J connectivity index is 1.88. The van der Waals surface area contributed by atoms with Crippen LogP contribution in [0.15, 0.2) is 70.9 Å². The van der Waals surface area contributed by atoms with Gasteiger partial charge in [0.1, 0.15) is 6.04 Å². The maximum atomic E-state index is 12.5. The zero-order valence-corrected chi connectivity index (χ0v) is 10.4. The van der Waals surface area contributed by atoms with Gasteiger partial charge in [-0.1, -0.05) is 60.7 Å². The highest BCUT2D eigenvalue weighted by Crippen LogP contribution is 2.33. The summed E-state index contributed by atoms with van der Waals surface area (Å²) < 4.78 is 0. The summed E-state index contributed by atoms with van der Waals surface area (Å²) >= 11 is 0. The molecule has 0 fully saturated rings. The normalized spacial score (nSPS) is 21.5. The first-order valence-corrected chi connectivity index (χ1v) is 6.37. The molecule has 0 spiro atoms. The molecule has 1 aliphatic rings. The summed E-state index contributed by atoms with van der Waals surface area (Å²) in [6, 6.07) is 19.1. The fourth-order valence-corrected chi connectivity index (χ4v) is 2.40. The zero-order chi connectivity index (χ0) is 13.1. The van der Waals surface area contributed by atoms with E-state index in [9.17, 15) is 4.79 Å². The van der Waals surface area contributed by atoms with Gasteiger partial charge >= 0.3 is 0 Å². The number of Topliss-reactive ketones (excluding diaryl/α,β-unsaturated/α-hetero) is 1. The lowest BCUT2D eigenvalue weighted by Gasteiger charge is -2.15. The van der Waals surface area contributed by atoms with Gasteiger partial charge in [0.2, 0.25) is 0 Å². The van der Waals surface area contributed by atoms with Crippen molar-refractivity contribution in [2.75, 3.05) is 6.54 Å². The molecule has 2 atom stereocenters. The molecular formula is C16H14N2O. The first-order valence-electron chi connectivity index (χ1n) is 6.37. The Morgan fingerprint density at radius 2 is 1.58 bits per heavy atom. The molecule has 1 aliphatic heterocycles. The Bertz CT molecular complexity index is 593. The smallest absolute Gasteiger partial charge is 0.170 e. The minimum absolute atomic E-state index is 0.124. The Labute approximate surface area is 112 Å². The van der Waals surface area contributed by atoms with Crippen LogP contribution in [0, 0.1) is 5.92 Å². The van der Waals surface area contributed by atoms with E-state index >= 15 is 0 Å². The first-order chi connectivity index (χ1) is 9.36. The third kappa shape index (κ3) is 2.32.